The summed E-state index contributed by atoms with van der Waals surface area (Å²) in [5, 5.41) is 9.89. The van der Waals surface area contributed by atoms with Gasteiger partial charge in [-0.05, 0) is 30.5 Å². The van der Waals surface area contributed by atoms with Crippen molar-refractivity contribution in [3.63, 3.8) is 0 Å². The normalized spacial score (nSPS) is 10.7. The fourth-order valence-corrected chi connectivity index (χ4v) is 2.70. The lowest BCUT2D eigenvalue weighted by Gasteiger charge is -2.07. The van der Waals surface area contributed by atoms with Crippen LogP contribution in [0.3, 0.4) is 0 Å². The first-order valence-electron chi connectivity index (χ1n) is 7.28. The smallest absolute Gasteiger partial charge is 0.229 e. The molecule has 2 N–H and O–H groups in total. The predicted octanol–water partition coefficient (Wildman–Crippen LogP) is 3.14. The molecule has 0 saturated carbocycles. The van der Waals surface area contributed by atoms with Crippen molar-refractivity contribution in [1.82, 2.24) is 0 Å². The van der Waals surface area contributed by atoms with Gasteiger partial charge in [0.2, 0.25) is 10.0 Å². The van der Waals surface area contributed by atoms with E-state index < -0.39 is 10.0 Å². The Hall–Kier alpha value is -2.45. The van der Waals surface area contributed by atoms with Crippen LogP contribution in [0.5, 0.6) is 5.75 Å². The molecule has 23 heavy (non-hydrogen) atoms. The monoisotopic (exact) mass is 329 g/mol. The maximum atomic E-state index is 11.4. The number of hydrogen-bond donors (Lipinski definition) is 2. The summed E-state index contributed by atoms with van der Waals surface area (Å²) in [4.78, 5) is 0. The topological polar surface area (TPSA) is 66.4 Å². The van der Waals surface area contributed by atoms with E-state index in [-0.39, 0.29) is 5.75 Å². The number of sulfonamides is 1. The molecule has 0 saturated heterocycles. The van der Waals surface area contributed by atoms with Crippen LogP contribution in [0.15, 0.2) is 48.5 Å². The lowest BCUT2D eigenvalue weighted by molar-refractivity contribution is 0.474. The molecule has 0 unspecified atom stereocenters. The van der Waals surface area contributed by atoms with Crippen LogP contribution in [0.4, 0.5) is 5.69 Å². The van der Waals surface area contributed by atoms with Crippen LogP contribution >= 0.6 is 0 Å². The molecule has 0 heterocycles. The number of hydrogen-bond acceptors (Lipinski definition) is 3. The number of phenols is 1. The van der Waals surface area contributed by atoms with Crippen LogP contribution in [0, 0.1) is 11.8 Å². The van der Waals surface area contributed by atoms with Crippen LogP contribution in [0.25, 0.3) is 0 Å². The van der Waals surface area contributed by atoms with Gasteiger partial charge >= 0.3 is 0 Å². The van der Waals surface area contributed by atoms with Crippen molar-refractivity contribution in [3.8, 4) is 17.6 Å². The number of rotatable bonds is 5. The standard InChI is InChI=1S/C18H19NO3S/c1-23(21,22)19-17-13-8-14-18(20)16(17)12-7-3-6-11-15-9-4-2-5-10-15/h2,4-5,8-10,13-14,19-20H,3,6,11H2,1H3. The van der Waals surface area contributed by atoms with Gasteiger partial charge in [-0.2, -0.15) is 0 Å². The molecule has 2 aromatic carbocycles. The fraction of sp³-hybridized carbons (Fsp3) is 0.222. The number of aromatic hydroxyl groups is 1. The molecular formula is C18H19NO3S. The summed E-state index contributed by atoms with van der Waals surface area (Å²) in [5.41, 5.74) is 1.86. The summed E-state index contributed by atoms with van der Waals surface area (Å²) in [6, 6.07) is 14.8. The molecule has 0 bridgehead atoms. The predicted molar refractivity (Wildman–Crippen MR) is 92.8 cm³/mol. The fourth-order valence-electron chi connectivity index (χ4n) is 2.13. The highest BCUT2D eigenvalue weighted by molar-refractivity contribution is 7.92. The molecule has 2 aromatic rings. The minimum absolute atomic E-state index is 0.0331. The number of phenolic OH excluding ortho intramolecular Hbond substituents is 1. The van der Waals surface area contributed by atoms with Crippen LogP contribution in [-0.4, -0.2) is 19.8 Å². The Morgan fingerprint density at radius 1 is 1.09 bits per heavy atom. The van der Waals surface area contributed by atoms with Crippen molar-refractivity contribution in [3.05, 3.63) is 59.7 Å². The van der Waals surface area contributed by atoms with Crippen LogP contribution in [0.2, 0.25) is 0 Å². The third kappa shape index (κ3) is 5.68. The molecule has 0 aromatic heterocycles. The molecule has 0 aliphatic carbocycles. The number of nitrogens with one attached hydrogen (secondary N) is 1. The van der Waals surface area contributed by atoms with Gasteiger partial charge < -0.3 is 5.11 Å². The molecule has 0 aliphatic rings. The zero-order valence-electron chi connectivity index (χ0n) is 12.9. The Morgan fingerprint density at radius 2 is 1.83 bits per heavy atom. The van der Waals surface area contributed by atoms with Gasteiger partial charge in [-0.15, -0.1) is 0 Å². The highest BCUT2D eigenvalue weighted by Gasteiger charge is 2.09. The summed E-state index contributed by atoms with van der Waals surface area (Å²) in [6.07, 6.45) is 3.57. The van der Waals surface area contributed by atoms with E-state index in [2.05, 4.69) is 28.7 Å². The molecule has 0 aliphatic heterocycles. The summed E-state index contributed by atoms with van der Waals surface area (Å²) < 4.78 is 25.1. The van der Waals surface area contributed by atoms with E-state index in [0.717, 1.165) is 19.1 Å². The third-order valence-electron chi connectivity index (χ3n) is 3.16. The van der Waals surface area contributed by atoms with Crippen molar-refractivity contribution in [2.24, 2.45) is 0 Å². The second-order valence-electron chi connectivity index (χ2n) is 5.21. The quantitative estimate of drug-likeness (QED) is 0.654. The number of anilines is 1. The Kier molecular flexibility index (Phi) is 5.67. The lowest BCUT2D eigenvalue weighted by atomic mass is 10.1. The van der Waals surface area contributed by atoms with Gasteiger partial charge in [-0.25, -0.2) is 8.42 Å². The first-order chi connectivity index (χ1) is 11.0. The molecule has 0 fully saturated rings. The molecule has 0 atom stereocenters. The summed E-state index contributed by atoms with van der Waals surface area (Å²) in [7, 11) is -3.42. The van der Waals surface area contributed by atoms with Crippen molar-refractivity contribution in [2.75, 3.05) is 11.0 Å². The second kappa shape index (κ2) is 7.70. The summed E-state index contributed by atoms with van der Waals surface area (Å²) in [5.74, 6) is 5.82. The van der Waals surface area contributed by atoms with E-state index in [0.29, 0.717) is 17.7 Å². The van der Waals surface area contributed by atoms with Gasteiger partial charge in [-0.1, -0.05) is 48.2 Å². The van der Waals surface area contributed by atoms with Crippen molar-refractivity contribution < 1.29 is 13.5 Å². The molecule has 0 amide bonds. The first-order valence-corrected chi connectivity index (χ1v) is 9.17. The molecule has 0 spiro atoms. The highest BCUT2D eigenvalue weighted by atomic mass is 32.2. The van der Waals surface area contributed by atoms with Crippen LogP contribution in [-0.2, 0) is 16.4 Å². The zero-order chi connectivity index (χ0) is 16.7. The van der Waals surface area contributed by atoms with Gasteiger partial charge in [0, 0.05) is 6.42 Å². The van der Waals surface area contributed by atoms with E-state index in [1.54, 1.807) is 12.1 Å². The van der Waals surface area contributed by atoms with Crippen LogP contribution < -0.4 is 4.72 Å². The van der Waals surface area contributed by atoms with Crippen molar-refractivity contribution >= 4 is 15.7 Å². The maximum absolute atomic E-state index is 11.4. The average molecular weight is 329 g/mol. The Balaban J connectivity index is 2.03. The largest absolute Gasteiger partial charge is 0.507 e. The van der Waals surface area contributed by atoms with E-state index in [1.807, 2.05) is 18.2 Å². The van der Waals surface area contributed by atoms with Gasteiger partial charge in [0.25, 0.3) is 0 Å². The van der Waals surface area contributed by atoms with Crippen LogP contribution in [0.1, 0.15) is 24.0 Å². The SMILES string of the molecule is CS(=O)(=O)Nc1cccc(O)c1C#CCCCc1ccccc1. The molecule has 5 heteroatoms. The molecule has 0 radical (unpaired) electrons. The summed E-state index contributed by atoms with van der Waals surface area (Å²) >= 11 is 0. The maximum Gasteiger partial charge on any atom is 0.229 e. The van der Waals surface area contributed by atoms with Gasteiger partial charge in [0.15, 0.2) is 0 Å². The van der Waals surface area contributed by atoms with Gasteiger partial charge in [-0.3, -0.25) is 4.72 Å². The van der Waals surface area contributed by atoms with E-state index >= 15 is 0 Å². The first kappa shape index (κ1) is 16.9. The Morgan fingerprint density at radius 3 is 2.52 bits per heavy atom. The third-order valence-corrected chi connectivity index (χ3v) is 3.75. The lowest BCUT2D eigenvalue weighted by Crippen LogP contribution is -2.10. The number of benzene rings is 2. The van der Waals surface area contributed by atoms with E-state index in [9.17, 15) is 13.5 Å². The molecular weight excluding hydrogens is 310 g/mol. The van der Waals surface area contributed by atoms with Crippen molar-refractivity contribution in [1.29, 1.82) is 0 Å². The minimum atomic E-state index is -3.42. The van der Waals surface area contributed by atoms with E-state index in [1.165, 1.54) is 11.6 Å². The second-order valence-corrected chi connectivity index (χ2v) is 6.96. The van der Waals surface area contributed by atoms with Crippen molar-refractivity contribution in [2.45, 2.75) is 19.3 Å². The minimum Gasteiger partial charge on any atom is -0.507 e. The molecule has 2 rings (SSSR count). The Labute approximate surface area is 137 Å². The summed E-state index contributed by atoms with van der Waals surface area (Å²) in [6.45, 7) is 0. The zero-order valence-corrected chi connectivity index (χ0v) is 13.7. The average Bonchev–Trinajstić information content (AvgIpc) is 2.49. The van der Waals surface area contributed by atoms with E-state index in [4.69, 9.17) is 0 Å². The highest BCUT2D eigenvalue weighted by Crippen LogP contribution is 2.25. The Bertz CT molecular complexity index is 818. The number of aryl methyl sites for hydroxylation is 1. The van der Waals surface area contributed by atoms with Gasteiger partial charge in [0.1, 0.15) is 5.75 Å². The molecule has 4 nitrogen and oxygen atoms in total. The molecule has 120 valence electrons. The number of unbranched alkanes of at least 4 members (excludes halogenated alkanes) is 1. The van der Waals surface area contributed by atoms with Gasteiger partial charge in [0.05, 0.1) is 17.5 Å².